The summed E-state index contributed by atoms with van der Waals surface area (Å²) in [6.45, 7) is 5.87. The van der Waals surface area contributed by atoms with E-state index < -0.39 is 11.7 Å². The van der Waals surface area contributed by atoms with Crippen molar-refractivity contribution in [2.24, 2.45) is 5.73 Å². The molecule has 0 aliphatic rings. The Morgan fingerprint density at radius 2 is 2.00 bits per heavy atom. The van der Waals surface area contributed by atoms with Gasteiger partial charge in [-0.05, 0) is 44.9 Å². The first kappa shape index (κ1) is 17.1. The number of amides is 1. The third-order valence-corrected chi connectivity index (χ3v) is 3.23. The Hall–Kier alpha value is -0.970. The summed E-state index contributed by atoms with van der Waals surface area (Å²) in [5.41, 5.74) is 6.41. The van der Waals surface area contributed by atoms with E-state index in [2.05, 4.69) is 5.32 Å². The third-order valence-electron chi connectivity index (χ3n) is 2.50. The van der Waals surface area contributed by atoms with Crippen molar-refractivity contribution in [3.05, 3.63) is 33.8 Å². The van der Waals surface area contributed by atoms with Crippen molar-refractivity contribution in [1.29, 1.82) is 0 Å². The largest absolute Gasteiger partial charge is 0.444 e. The summed E-state index contributed by atoms with van der Waals surface area (Å²) in [7, 11) is 0. The average Bonchev–Trinajstić information content (AvgIpc) is 2.30. The Balaban J connectivity index is 2.42. The number of ether oxygens (including phenoxy) is 1. The maximum absolute atomic E-state index is 11.5. The van der Waals surface area contributed by atoms with Crippen LogP contribution in [-0.2, 0) is 4.74 Å². The number of hydrogen-bond acceptors (Lipinski definition) is 3. The molecule has 1 aromatic carbocycles. The fourth-order valence-electron chi connectivity index (χ4n) is 1.55. The molecule has 0 bridgehead atoms. The molecular formula is C14H20Cl2N2O2. The van der Waals surface area contributed by atoms with Gasteiger partial charge in [0, 0.05) is 12.6 Å². The van der Waals surface area contributed by atoms with Crippen LogP contribution in [0.5, 0.6) is 0 Å². The van der Waals surface area contributed by atoms with E-state index in [0.717, 1.165) is 5.56 Å². The van der Waals surface area contributed by atoms with Gasteiger partial charge in [0.25, 0.3) is 0 Å². The summed E-state index contributed by atoms with van der Waals surface area (Å²) in [4.78, 5) is 11.5. The zero-order valence-electron chi connectivity index (χ0n) is 11.9. The summed E-state index contributed by atoms with van der Waals surface area (Å²) in [5.74, 6) is 0. The second-order valence-corrected chi connectivity index (χ2v) is 6.31. The highest BCUT2D eigenvalue weighted by Gasteiger charge is 2.16. The lowest BCUT2D eigenvalue weighted by Gasteiger charge is -2.20. The molecule has 0 radical (unpaired) electrons. The van der Waals surface area contributed by atoms with Gasteiger partial charge in [0.05, 0.1) is 10.0 Å². The fourth-order valence-corrected chi connectivity index (χ4v) is 1.86. The smallest absolute Gasteiger partial charge is 0.407 e. The minimum absolute atomic E-state index is 0.222. The lowest BCUT2D eigenvalue weighted by molar-refractivity contribution is 0.0526. The standard InChI is InChI=1S/C14H20Cl2N2O2/c1-14(2,3)20-13(19)18-7-6-12(17)9-4-5-10(15)11(16)8-9/h4-5,8,12H,6-7,17H2,1-3H3,(H,18,19). The minimum Gasteiger partial charge on any atom is -0.444 e. The predicted molar refractivity (Wildman–Crippen MR) is 82.2 cm³/mol. The monoisotopic (exact) mass is 318 g/mol. The number of nitrogens with one attached hydrogen (secondary N) is 1. The highest BCUT2D eigenvalue weighted by atomic mass is 35.5. The molecule has 1 amide bonds. The molecule has 1 atom stereocenters. The molecule has 1 unspecified atom stereocenters. The summed E-state index contributed by atoms with van der Waals surface area (Å²) in [6.07, 6.45) is 0.135. The highest BCUT2D eigenvalue weighted by molar-refractivity contribution is 6.42. The molecule has 4 nitrogen and oxygen atoms in total. The maximum atomic E-state index is 11.5. The second-order valence-electron chi connectivity index (χ2n) is 5.50. The van der Waals surface area contributed by atoms with Crippen molar-refractivity contribution < 1.29 is 9.53 Å². The van der Waals surface area contributed by atoms with Gasteiger partial charge < -0.3 is 15.8 Å². The predicted octanol–water partition coefficient (Wildman–Crippen LogP) is 3.91. The Kier molecular flexibility index (Phi) is 6.11. The second kappa shape index (κ2) is 7.16. The summed E-state index contributed by atoms with van der Waals surface area (Å²) < 4.78 is 5.13. The first-order valence-corrected chi connectivity index (χ1v) is 7.12. The Morgan fingerprint density at radius 3 is 2.55 bits per heavy atom. The van der Waals surface area contributed by atoms with Gasteiger partial charge in [-0.3, -0.25) is 0 Å². The number of halogens is 2. The summed E-state index contributed by atoms with van der Waals surface area (Å²) >= 11 is 11.8. The number of benzene rings is 1. The molecular weight excluding hydrogens is 299 g/mol. The molecule has 112 valence electrons. The number of carbonyl (C=O) groups is 1. The van der Waals surface area contributed by atoms with Gasteiger partial charge in [-0.25, -0.2) is 4.79 Å². The van der Waals surface area contributed by atoms with Gasteiger partial charge in [-0.1, -0.05) is 29.3 Å². The van der Waals surface area contributed by atoms with E-state index in [4.69, 9.17) is 33.7 Å². The average molecular weight is 319 g/mol. The Morgan fingerprint density at radius 1 is 1.35 bits per heavy atom. The Bertz CT molecular complexity index is 473. The van der Waals surface area contributed by atoms with Crippen LogP contribution in [0.3, 0.4) is 0 Å². The van der Waals surface area contributed by atoms with Crippen molar-refractivity contribution in [1.82, 2.24) is 5.32 Å². The van der Waals surface area contributed by atoms with Crippen LogP contribution in [-0.4, -0.2) is 18.2 Å². The first-order chi connectivity index (χ1) is 9.19. The molecule has 0 saturated carbocycles. The minimum atomic E-state index is -0.504. The van der Waals surface area contributed by atoms with E-state index in [1.807, 2.05) is 26.8 Å². The van der Waals surface area contributed by atoms with Crippen LogP contribution in [0.15, 0.2) is 18.2 Å². The van der Waals surface area contributed by atoms with Crippen molar-refractivity contribution >= 4 is 29.3 Å². The van der Waals surface area contributed by atoms with E-state index in [0.29, 0.717) is 23.0 Å². The van der Waals surface area contributed by atoms with Crippen LogP contribution < -0.4 is 11.1 Å². The number of rotatable bonds is 4. The van der Waals surface area contributed by atoms with E-state index in [9.17, 15) is 4.79 Å². The van der Waals surface area contributed by atoms with E-state index >= 15 is 0 Å². The third kappa shape index (κ3) is 5.99. The molecule has 0 spiro atoms. The van der Waals surface area contributed by atoms with Gasteiger partial charge in [-0.15, -0.1) is 0 Å². The quantitative estimate of drug-likeness (QED) is 0.884. The lowest BCUT2D eigenvalue weighted by Crippen LogP contribution is -2.33. The molecule has 0 fully saturated rings. The Labute approximate surface area is 129 Å². The highest BCUT2D eigenvalue weighted by Crippen LogP contribution is 2.25. The number of carbonyl (C=O) groups excluding carboxylic acids is 1. The zero-order chi connectivity index (χ0) is 15.3. The molecule has 0 saturated heterocycles. The molecule has 6 heteroatoms. The molecule has 1 aromatic rings. The van der Waals surface area contributed by atoms with E-state index in [-0.39, 0.29) is 6.04 Å². The van der Waals surface area contributed by atoms with Crippen molar-refractivity contribution in [3.8, 4) is 0 Å². The van der Waals surface area contributed by atoms with Crippen LogP contribution in [0.1, 0.15) is 38.8 Å². The van der Waals surface area contributed by atoms with Gasteiger partial charge in [0.2, 0.25) is 0 Å². The van der Waals surface area contributed by atoms with Crippen LogP contribution in [0, 0.1) is 0 Å². The lowest BCUT2D eigenvalue weighted by atomic mass is 10.1. The van der Waals surface area contributed by atoms with Crippen LogP contribution in [0.25, 0.3) is 0 Å². The molecule has 3 N–H and O–H groups in total. The van der Waals surface area contributed by atoms with Crippen molar-refractivity contribution in [3.63, 3.8) is 0 Å². The van der Waals surface area contributed by atoms with Crippen LogP contribution in [0.4, 0.5) is 4.79 Å². The van der Waals surface area contributed by atoms with Gasteiger partial charge in [-0.2, -0.15) is 0 Å². The summed E-state index contributed by atoms with van der Waals surface area (Å²) in [5, 5.41) is 3.63. The van der Waals surface area contributed by atoms with Crippen molar-refractivity contribution in [2.45, 2.75) is 38.8 Å². The topological polar surface area (TPSA) is 64.3 Å². The maximum Gasteiger partial charge on any atom is 0.407 e. The van der Waals surface area contributed by atoms with Gasteiger partial charge in [0.15, 0.2) is 0 Å². The SMILES string of the molecule is CC(C)(C)OC(=O)NCCC(N)c1ccc(Cl)c(Cl)c1. The van der Waals surface area contributed by atoms with Crippen LogP contribution >= 0.6 is 23.2 Å². The number of hydrogen-bond donors (Lipinski definition) is 2. The number of alkyl carbamates (subject to hydrolysis) is 1. The molecule has 0 aliphatic heterocycles. The number of nitrogens with two attached hydrogens (primary N) is 1. The molecule has 1 rings (SSSR count). The molecule has 20 heavy (non-hydrogen) atoms. The zero-order valence-corrected chi connectivity index (χ0v) is 13.4. The molecule has 0 heterocycles. The molecule has 0 aromatic heterocycles. The first-order valence-electron chi connectivity index (χ1n) is 6.36. The van der Waals surface area contributed by atoms with Crippen LogP contribution in [0.2, 0.25) is 10.0 Å². The molecule has 0 aliphatic carbocycles. The van der Waals surface area contributed by atoms with Gasteiger partial charge >= 0.3 is 6.09 Å². The van der Waals surface area contributed by atoms with E-state index in [1.165, 1.54) is 0 Å². The fraction of sp³-hybridized carbons (Fsp3) is 0.500. The van der Waals surface area contributed by atoms with Gasteiger partial charge in [0.1, 0.15) is 5.60 Å². The van der Waals surface area contributed by atoms with Crippen molar-refractivity contribution in [2.75, 3.05) is 6.54 Å². The normalized spacial score (nSPS) is 12.9. The summed E-state index contributed by atoms with van der Waals surface area (Å²) in [6, 6.07) is 5.05. The van der Waals surface area contributed by atoms with E-state index in [1.54, 1.807) is 12.1 Å².